The van der Waals surface area contributed by atoms with Crippen molar-refractivity contribution in [3.05, 3.63) is 88.0 Å². The van der Waals surface area contributed by atoms with Gasteiger partial charge in [-0.25, -0.2) is 4.57 Å². The molecule has 2 aromatic heterocycles. The highest BCUT2D eigenvalue weighted by Gasteiger charge is 2.30. The van der Waals surface area contributed by atoms with Crippen molar-refractivity contribution in [1.29, 1.82) is 10.5 Å². The second kappa shape index (κ2) is 9.51. The zero-order valence-corrected chi connectivity index (χ0v) is 22.5. The summed E-state index contributed by atoms with van der Waals surface area (Å²) in [5.41, 5.74) is 10.3. The van der Waals surface area contributed by atoms with Crippen LogP contribution in [0.4, 0.5) is 0 Å². The van der Waals surface area contributed by atoms with E-state index in [9.17, 15) is 10.5 Å². The summed E-state index contributed by atoms with van der Waals surface area (Å²) in [7, 11) is 1.92. The molecule has 0 saturated heterocycles. The summed E-state index contributed by atoms with van der Waals surface area (Å²) < 4.78 is 6.41. The number of hydrogen-bond donors (Lipinski definition) is 0. The molecule has 0 bridgehead atoms. The highest BCUT2D eigenvalue weighted by Crippen LogP contribution is 2.37. The minimum atomic E-state index is 0.256. The van der Waals surface area contributed by atoms with E-state index in [0.717, 1.165) is 28.3 Å². The van der Waals surface area contributed by atoms with E-state index in [1.807, 2.05) is 42.9 Å². The smallest absolute Gasteiger partial charge is 0.295 e. The molecule has 2 aromatic carbocycles. The molecule has 0 unspecified atom stereocenters. The fourth-order valence-electron chi connectivity index (χ4n) is 5.09. The lowest BCUT2D eigenvalue weighted by atomic mass is 9.91. The first-order valence-electron chi connectivity index (χ1n) is 12.4. The van der Waals surface area contributed by atoms with Gasteiger partial charge in [0.05, 0.1) is 24.2 Å². The normalized spacial score (nSPS) is 11.2. The Morgan fingerprint density at radius 1 is 0.806 bits per heavy atom. The van der Waals surface area contributed by atoms with Crippen LogP contribution in [0.3, 0.4) is 0 Å². The van der Waals surface area contributed by atoms with Gasteiger partial charge in [-0.3, -0.25) is 0 Å². The predicted octanol–water partition coefficient (Wildman–Crippen LogP) is 6.67. The third kappa shape index (κ3) is 4.12. The molecule has 0 atom stereocenters. The van der Waals surface area contributed by atoms with Crippen LogP contribution in [0.2, 0.25) is 0 Å². The summed E-state index contributed by atoms with van der Waals surface area (Å²) in [6.07, 6.45) is 1.94. The Kier molecular flexibility index (Phi) is 6.61. The van der Waals surface area contributed by atoms with Gasteiger partial charge in [0, 0.05) is 28.2 Å². The minimum Gasteiger partial charge on any atom is -0.318 e. The maximum atomic E-state index is 9.97. The number of imidazole rings is 1. The lowest BCUT2D eigenvalue weighted by Gasteiger charge is -2.21. The van der Waals surface area contributed by atoms with Crippen molar-refractivity contribution in [3.8, 4) is 34.9 Å². The van der Waals surface area contributed by atoms with E-state index in [0.29, 0.717) is 11.3 Å². The van der Waals surface area contributed by atoms with Crippen LogP contribution in [0.5, 0.6) is 0 Å². The number of rotatable bonds is 5. The Hall–Kier alpha value is -4.09. The summed E-state index contributed by atoms with van der Waals surface area (Å²) in [6.45, 7) is 15.2. The van der Waals surface area contributed by atoms with Crippen LogP contribution in [0.15, 0.2) is 48.7 Å². The molecule has 4 rings (SSSR count). The van der Waals surface area contributed by atoms with Crippen molar-refractivity contribution in [2.45, 2.75) is 60.3 Å². The van der Waals surface area contributed by atoms with Crippen LogP contribution in [-0.2, 0) is 7.05 Å². The van der Waals surface area contributed by atoms with Crippen molar-refractivity contribution in [3.63, 3.8) is 0 Å². The molecule has 5 heteroatoms. The van der Waals surface area contributed by atoms with E-state index in [2.05, 4.69) is 87.1 Å². The monoisotopic (exact) mass is 476 g/mol. The van der Waals surface area contributed by atoms with Gasteiger partial charge in [0.15, 0.2) is 6.20 Å². The lowest BCUT2D eigenvalue weighted by molar-refractivity contribution is -0.661. The molecule has 0 amide bonds. The Bertz CT molecular complexity index is 1500. The lowest BCUT2D eigenvalue weighted by Crippen LogP contribution is -2.33. The number of aryl methyl sites for hydroxylation is 3. The van der Waals surface area contributed by atoms with Crippen molar-refractivity contribution in [2.24, 2.45) is 7.05 Å². The number of hydrogen-bond acceptors (Lipinski definition) is 2. The average molecular weight is 477 g/mol. The largest absolute Gasteiger partial charge is 0.318 e. The Morgan fingerprint density at radius 3 is 1.89 bits per heavy atom. The number of benzene rings is 2. The molecule has 0 aliphatic rings. The zero-order chi connectivity index (χ0) is 26.3. The van der Waals surface area contributed by atoms with Crippen molar-refractivity contribution in [1.82, 2.24) is 9.13 Å². The molecule has 0 aliphatic heterocycles. The Balaban J connectivity index is 2.14. The molecule has 182 valence electrons. The van der Waals surface area contributed by atoms with E-state index >= 15 is 0 Å². The van der Waals surface area contributed by atoms with E-state index in [4.69, 9.17) is 0 Å². The molecule has 36 heavy (non-hydrogen) atoms. The Labute approximate surface area is 214 Å². The van der Waals surface area contributed by atoms with Crippen LogP contribution in [0.25, 0.3) is 22.8 Å². The number of aromatic nitrogens is 3. The highest BCUT2D eigenvalue weighted by molar-refractivity contribution is 5.67. The van der Waals surface area contributed by atoms with Gasteiger partial charge in [-0.15, -0.1) is 0 Å². The van der Waals surface area contributed by atoms with Gasteiger partial charge in [-0.1, -0.05) is 33.8 Å². The first kappa shape index (κ1) is 25.0. The first-order chi connectivity index (χ1) is 17.1. The Morgan fingerprint density at radius 2 is 1.39 bits per heavy atom. The topological polar surface area (TPSA) is 61.3 Å². The minimum absolute atomic E-state index is 0.256. The van der Waals surface area contributed by atoms with Crippen LogP contribution >= 0.6 is 0 Å². The van der Waals surface area contributed by atoms with Crippen LogP contribution in [0, 0.1) is 43.4 Å². The third-order valence-corrected chi connectivity index (χ3v) is 7.05. The molecular formula is C31H34N5+. The van der Waals surface area contributed by atoms with Crippen LogP contribution in [-0.4, -0.2) is 9.13 Å². The van der Waals surface area contributed by atoms with Gasteiger partial charge in [0.25, 0.3) is 5.82 Å². The molecular weight excluding hydrogens is 442 g/mol. The quantitative estimate of drug-likeness (QED) is 0.302. The highest BCUT2D eigenvalue weighted by atomic mass is 15.2. The van der Waals surface area contributed by atoms with Crippen LogP contribution in [0.1, 0.15) is 78.9 Å². The van der Waals surface area contributed by atoms with E-state index in [1.54, 1.807) is 0 Å². The van der Waals surface area contributed by atoms with E-state index in [-0.39, 0.29) is 11.8 Å². The predicted molar refractivity (Wildman–Crippen MR) is 144 cm³/mol. The summed E-state index contributed by atoms with van der Waals surface area (Å²) in [5.74, 6) is 1.41. The average Bonchev–Trinajstić information content (AvgIpc) is 3.36. The van der Waals surface area contributed by atoms with E-state index < -0.39 is 0 Å². The first-order valence-corrected chi connectivity index (χ1v) is 12.4. The van der Waals surface area contributed by atoms with Gasteiger partial charge in [0.1, 0.15) is 11.8 Å². The maximum Gasteiger partial charge on any atom is 0.295 e. The molecule has 0 spiro atoms. The van der Waals surface area contributed by atoms with Crippen molar-refractivity contribution in [2.75, 3.05) is 0 Å². The van der Waals surface area contributed by atoms with Gasteiger partial charge in [0.2, 0.25) is 5.69 Å². The van der Waals surface area contributed by atoms with Gasteiger partial charge in [-0.2, -0.15) is 15.1 Å². The molecule has 0 radical (unpaired) electrons. The second-order valence-corrected chi connectivity index (χ2v) is 10.3. The molecule has 0 saturated carbocycles. The maximum absolute atomic E-state index is 9.97. The second-order valence-electron chi connectivity index (χ2n) is 10.3. The number of nitriles is 2. The fourth-order valence-corrected chi connectivity index (χ4v) is 5.09. The summed E-state index contributed by atoms with van der Waals surface area (Å²) in [5, 5.41) is 19.6. The van der Waals surface area contributed by atoms with Crippen LogP contribution < -0.4 is 4.57 Å². The fraction of sp³-hybridized carbons (Fsp3) is 0.323. The van der Waals surface area contributed by atoms with Gasteiger partial charge >= 0.3 is 0 Å². The molecule has 5 nitrogen and oxygen atoms in total. The summed E-state index contributed by atoms with van der Waals surface area (Å²) in [4.78, 5) is 0. The molecule has 4 aromatic rings. The van der Waals surface area contributed by atoms with Crippen molar-refractivity contribution >= 4 is 0 Å². The van der Waals surface area contributed by atoms with Gasteiger partial charge in [-0.05, 0) is 74.6 Å². The van der Waals surface area contributed by atoms with Crippen molar-refractivity contribution < 1.29 is 4.57 Å². The molecule has 0 fully saturated rings. The SMILES string of the molecule is Cc1ccc(C#N)cc1-c1n(-c2c(C(C)C)cc(-n3c(C)ccc3C)cc2C(C)C)cc(C#N)[n+]1C. The van der Waals surface area contributed by atoms with Gasteiger partial charge < -0.3 is 4.57 Å². The summed E-state index contributed by atoms with van der Waals surface area (Å²) >= 11 is 0. The molecule has 2 heterocycles. The molecule has 0 N–H and O–H groups in total. The zero-order valence-electron chi connectivity index (χ0n) is 22.5. The summed E-state index contributed by atoms with van der Waals surface area (Å²) in [6, 6.07) is 19.3. The number of nitrogens with zero attached hydrogens (tertiary/aromatic N) is 5. The molecule has 0 aliphatic carbocycles. The standard InChI is InChI=1S/C31H34N5/c1-19(2)27-14-25(36-22(6)10-11-23(36)7)15-28(20(3)4)30(27)35-18-26(17-33)34(8)31(35)29-13-24(16-32)12-9-21(29)5/h9-15,18-20H,1-8H3/q+1. The third-order valence-electron chi connectivity index (χ3n) is 7.05. The van der Waals surface area contributed by atoms with E-state index in [1.165, 1.54) is 22.5 Å².